The van der Waals surface area contributed by atoms with Crippen molar-refractivity contribution in [3.8, 4) is 0 Å². The summed E-state index contributed by atoms with van der Waals surface area (Å²) in [5.41, 5.74) is 1.83. The third kappa shape index (κ3) is 4.16. The Kier molecular flexibility index (Phi) is 5.30. The minimum Gasteiger partial charge on any atom is -0.368 e. The quantitative estimate of drug-likeness (QED) is 0.494. The third-order valence-electron chi connectivity index (χ3n) is 2.19. The molecule has 1 aromatic rings. The smallest absolute Gasteiger partial charge is 0.134 e. The Balaban J connectivity index is 2.96. The first-order valence-corrected chi connectivity index (χ1v) is 5.96. The van der Waals surface area contributed by atoms with Crippen LogP contribution in [0.1, 0.15) is 39.0 Å². The number of nitrogens with zero attached hydrogens (tertiary/aromatic N) is 3. The van der Waals surface area contributed by atoms with Crippen LogP contribution in [0.4, 0.5) is 5.82 Å². The molecule has 5 nitrogen and oxygen atoms in total. The molecule has 0 aromatic carbocycles. The summed E-state index contributed by atoms with van der Waals surface area (Å²) < 4.78 is 0. The minimum atomic E-state index is 0.331. The molecule has 0 unspecified atom stereocenters. The number of anilines is 1. The lowest BCUT2D eigenvalue weighted by Gasteiger charge is -2.12. The van der Waals surface area contributed by atoms with Crippen molar-refractivity contribution in [2.24, 2.45) is 5.16 Å². The first kappa shape index (κ1) is 14.2. The van der Waals surface area contributed by atoms with Crippen molar-refractivity contribution in [2.45, 2.75) is 40.7 Å². The molecule has 98 valence electrons. The molecule has 5 heteroatoms. The molecular formula is C13H20N4O. The van der Waals surface area contributed by atoms with Gasteiger partial charge in [-0.2, -0.15) is 0 Å². The van der Waals surface area contributed by atoms with Gasteiger partial charge in [-0.15, -0.1) is 0 Å². The molecule has 1 aromatic heterocycles. The van der Waals surface area contributed by atoms with Crippen LogP contribution in [0.5, 0.6) is 0 Å². The van der Waals surface area contributed by atoms with Gasteiger partial charge in [0.15, 0.2) is 0 Å². The Hall–Kier alpha value is -1.91. The van der Waals surface area contributed by atoms with Crippen LogP contribution in [0, 0.1) is 6.92 Å². The average molecular weight is 248 g/mol. The van der Waals surface area contributed by atoms with Crippen molar-refractivity contribution in [2.75, 3.05) is 5.32 Å². The van der Waals surface area contributed by atoms with E-state index in [1.54, 1.807) is 19.5 Å². The highest BCUT2D eigenvalue weighted by Crippen LogP contribution is 2.17. The first-order chi connectivity index (χ1) is 8.54. The van der Waals surface area contributed by atoms with Crippen LogP contribution in [0.2, 0.25) is 0 Å². The molecule has 1 N–H and O–H groups in total. The fraction of sp³-hybridized carbons (Fsp3) is 0.462. The summed E-state index contributed by atoms with van der Waals surface area (Å²) in [6.45, 7) is 9.76. The summed E-state index contributed by atoms with van der Waals surface area (Å²) in [4.78, 5) is 13.6. The van der Waals surface area contributed by atoms with Crippen LogP contribution in [0.25, 0.3) is 6.08 Å². The molecule has 0 spiro atoms. The fourth-order valence-electron chi connectivity index (χ4n) is 1.38. The van der Waals surface area contributed by atoms with E-state index in [1.165, 1.54) is 0 Å². The fourth-order valence-corrected chi connectivity index (χ4v) is 1.38. The standard InChI is InChI=1S/C13H20N4O/c1-6-16-18-10(4)7-12-11(5)13(15-8-14-12)17-9(2)3/h6-9H,1-5H3,(H,14,15,17)/b10-7+,16-6+. The first-order valence-electron chi connectivity index (χ1n) is 5.96. The van der Waals surface area contributed by atoms with Crippen LogP contribution in [-0.4, -0.2) is 22.2 Å². The number of hydrogen-bond acceptors (Lipinski definition) is 5. The normalized spacial score (nSPS) is 12.2. The topological polar surface area (TPSA) is 59.4 Å². The van der Waals surface area contributed by atoms with Crippen molar-refractivity contribution in [3.05, 3.63) is 23.3 Å². The summed E-state index contributed by atoms with van der Waals surface area (Å²) in [5, 5.41) is 7.00. The highest BCUT2D eigenvalue weighted by Gasteiger charge is 2.06. The summed E-state index contributed by atoms with van der Waals surface area (Å²) in [6, 6.07) is 0.331. The summed E-state index contributed by atoms with van der Waals surface area (Å²) in [7, 11) is 0. The molecule has 1 rings (SSSR count). The lowest BCUT2D eigenvalue weighted by molar-refractivity contribution is 0.234. The number of oxime groups is 1. The van der Waals surface area contributed by atoms with Gasteiger partial charge in [0.05, 0.1) is 5.69 Å². The number of allylic oxidation sites excluding steroid dienone is 1. The van der Waals surface area contributed by atoms with Crippen molar-refractivity contribution < 1.29 is 4.84 Å². The second kappa shape index (κ2) is 6.74. The number of aromatic nitrogens is 2. The van der Waals surface area contributed by atoms with Crippen molar-refractivity contribution in [3.63, 3.8) is 0 Å². The van der Waals surface area contributed by atoms with E-state index in [9.17, 15) is 0 Å². The molecule has 0 fully saturated rings. The molecule has 0 aliphatic carbocycles. The predicted molar refractivity (Wildman–Crippen MR) is 74.4 cm³/mol. The molecule has 0 aliphatic rings. The molecule has 0 atom stereocenters. The average Bonchev–Trinajstić information content (AvgIpc) is 2.31. The Morgan fingerprint density at radius 2 is 2.17 bits per heavy atom. The molecular weight excluding hydrogens is 228 g/mol. The second-order valence-electron chi connectivity index (χ2n) is 4.24. The van der Waals surface area contributed by atoms with Crippen LogP contribution < -0.4 is 5.32 Å². The number of hydrogen-bond donors (Lipinski definition) is 1. The predicted octanol–water partition coefficient (Wildman–Crippen LogP) is 2.99. The zero-order valence-electron chi connectivity index (χ0n) is 11.6. The molecule has 0 aliphatic heterocycles. The van der Waals surface area contributed by atoms with Gasteiger partial charge in [-0.25, -0.2) is 9.97 Å². The Morgan fingerprint density at radius 1 is 1.44 bits per heavy atom. The van der Waals surface area contributed by atoms with E-state index in [2.05, 4.69) is 34.3 Å². The van der Waals surface area contributed by atoms with Crippen molar-refractivity contribution in [1.29, 1.82) is 0 Å². The Morgan fingerprint density at radius 3 is 2.78 bits per heavy atom. The van der Waals surface area contributed by atoms with Crippen LogP contribution in [0.15, 0.2) is 17.2 Å². The van der Waals surface area contributed by atoms with E-state index in [0.717, 1.165) is 17.1 Å². The summed E-state index contributed by atoms with van der Waals surface area (Å²) in [6.07, 6.45) is 4.98. The Labute approximate surface area is 108 Å². The molecule has 0 radical (unpaired) electrons. The molecule has 1 heterocycles. The maximum Gasteiger partial charge on any atom is 0.134 e. The van der Waals surface area contributed by atoms with Gasteiger partial charge in [-0.05, 0) is 34.6 Å². The summed E-state index contributed by atoms with van der Waals surface area (Å²) >= 11 is 0. The van der Waals surface area contributed by atoms with Gasteiger partial charge < -0.3 is 10.2 Å². The van der Waals surface area contributed by atoms with Crippen LogP contribution in [-0.2, 0) is 4.84 Å². The monoisotopic (exact) mass is 248 g/mol. The van der Waals surface area contributed by atoms with Gasteiger partial charge in [-0.3, -0.25) is 0 Å². The minimum absolute atomic E-state index is 0.331. The highest BCUT2D eigenvalue weighted by atomic mass is 16.6. The SMILES string of the molecule is C/C=N/O/C(C)=C/c1ncnc(NC(C)C)c1C. The maximum atomic E-state index is 5.12. The van der Waals surface area contributed by atoms with Crippen molar-refractivity contribution >= 4 is 18.1 Å². The molecule has 0 bridgehead atoms. The van der Waals surface area contributed by atoms with E-state index in [4.69, 9.17) is 4.84 Å². The van der Waals surface area contributed by atoms with Crippen molar-refractivity contribution in [1.82, 2.24) is 9.97 Å². The highest BCUT2D eigenvalue weighted by molar-refractivity contribution is 5.58. The van der Waals surface area contributed by atoms with E-state index in [0.29, 0.717) is 11.8 Å². The third-order valence-corrected chi connectivity index (χ3v) is 2.19. The number of nitrogens with one attached hydrogen (secondary N) is 1. The largest absolute Gasteiger partial charge is 0.368 e. The van der Waals surface area contributed by atoms with Crippen LogP contribution in [0.3, 0.4) is 0 Å². The van der Waals surface area contributed by atoms with Gasteiger partial charge in [0.1, 0.15) is 17.9 Å². The van der Waals surface area contributed by atoms with Gasteiger partial charge in [0.2, 0.25) is 0 Å². The van der Waals surface area contributed by atoms with E-state index >= 15 is 0 Å². The zero-order valence-corrected chi connectivity index (χ0v) is 11.6. The maximum absolute atomic E-state index is 5.12. The van der Waals surface area contributed by atoms with E-state index < -0.39 is 0 Å². The van der Waals surface area contributed by atoms with Crippen LogP contribution >= 0.6 is 0 Å². The molecule has 0 saturated carbocycles. The number of rotatable bonds is 5. The molecule has 18 heavy (non-hydrogen) atoms. The summed E-state index contributed by atoms with van der Waals surface area (Å²) in [5.74, 6) is 1.53. The van der Waals surface area contributed by atoms with Gasteiger partial charge in [-0.1, -0.05) is 5.16 Å². The Bertz CT molecular complexity index is 452. The van der Waals surface area contributed by atoms with E-state index in [-0.39, 0.29) is 0 Å². The van der Waals surface area contributed by atoms with Gasteiger partial charge >= 0.3 is 0 Å². The van der Waals surface area contributed by atoms with Gasteiger partial charge in [0, 0.05) is 23.9 Å². The molecule has 0 saturated heterocycles. The molecule has 0 amide bonds. The van der Waals surface area contributed by atoms with Gasteiger partial charge in [0.25, 0.3) is 0 Å². The van der Waals surface area contributed by atoms with E-state index in [1.807, 2.05) is 19.9 Å². The lowest BCUT2D eigenvalue weighted by Crippen LogP contribution is -2.13. The lowest BCUT2D eigenvalue weighted by atomic mass is 10.2. The second-order valence-corrected chi connectivity index (χ2v) is 4.24. The zero-order chi connectivity index (χ0) is 13.5.